The Kier molecular flexibility index (Phi) is 4.52. The number of fused-ring (bicyclic) bond motifs is 1. The molecule has 0 fully saturated rings. The predicted octanol–water partition coefficient (Wildman–Crippen LogP) is 5.15. The lowest BCUT2D eigenvalue weighted by molar-refractivity contribution is -0.384. The van der Waals surface area contributed by atoms with Gasteiger partial charge in [-0.15, -0.1) is 0 Å². The first-order valence-electron chi connectivity index (χ1n) is 8.56. The normalized spacial score (nSPS) is 12.8. The Morgan fingerprint density at radius 1 is 0.931 bits per heavy atom. The van der Waals surface area contributed by atoms with Gasteiger partial charge in [0.1, 0.15) is 11.5 Å². The van der Waals surface area contributed by atoms with Crippen LogP contribution in [0.5, 0.6) is 11.5 Å². The van der Waals surface area contributed by atoms with Crippen molar-refractivity contribution in [3.63, 3.8) is 0 Å². The lowest BCUT2D eigenvalue weighted by Crippen LogP contribution is -2.29. The van der Waals surface area contributed by atoms with Gasteiger partial charge in [0.15, 0.2) is 0 Å². The van der Waals surface area contributed by atoms with E-state index in [1.54, 1.807) is 24.3 Å². The molecule has 1 aliphatic rings. The fraction of sp³-hybridized carbons (Fsp3) is 0.0476. The van der Waals surface area contributed by atoms with Gasteiger partial charge >= 0.3 is 0 Å². The van der Waals surface area contributed by atoms with Gasteiger partial charge in [0.05, 0.1) is 27.8 Å². The van der Waals surface area contributed by atoms with E-state index in [0.717, 1.165) is 10.5 Å². The van der Waals surface area contributed by atoms with E-state index in [1.807, 2.05) is 6.92 Å². The topological polar surface area (TPSA) is 89.8 Å². The third-order valence-corrected chi connectivity index (χ3v) is 4.94. The fourth-order valence-electron chi connectivity index (χ4n) is 3.04. The summed E-state index contributed by atoms with van der Waals surface area (Å²) in [6, 6.07) is 15.1. The Bertz CT molecular complexity index is 1190. The van der Waals surface area contributed by atoms with Gasteiger partial charge in [-0.3, -0.25) is 19.7 Å². The summed E-state index contributed by atoms with van der Waals surface area (Å²) in [6.45, 7) is 1.83. The van der Waals surface area contributed by atoms with E-state index in [-0.39, 0.29) is 28.3 Å². The van der Waals surface area contributed by atoms with Crippen LogP contribution in [0.1, 0.15) is 26.3 Å². The number of nitro benzene ring substituents is 1. The molecule has 0 aliphatic carbocycles. The highest BCUT2D eigenvalue weighted by molar-refractivity contribution is 6.35. The monoisotopic (exact) mass is 408 g/mol. The van der Waals surface area contributed by atoms with E-state index in [2.05, 4.69) is 0 Å². The maximum absolute atomic E-state index is 12.9. The first-order valence-corrected chi connectivity index (χ1v) is 8.94. The molecule has 1 aliphatic heterocycles. The number of imide groups is 1. The summed E-state index contributed by atoms with van der Waals surface area (Å²) in [5.74, 6) is -0.409. The molecule has 0 spiro atoms. The standard InChI is InChI=1S/C21H13ClN2O5/c1-12-5-6-13(10-19(12)22)23-20(25)17-8-7-16(11-18(17)21(23)26)29-15-4-2-3-14(9-15)24(27)28/h2-11H,1H3. The molecule has 0 atom stereocenters. The Morgan fingerprint density at radius 2 is 1.66 bits per heavy atom. The van der Waals surface area contributed by atoms with E-state index in [1.165, 1.54) is 36.4 Å². The van der Waals surface area contributed by atoms with Crippen LogP contribution in [0.2, 0.25) is 5.02 Å². The highest BCUT2D eigenvalue weighted by atomic mass is 35.5. The molecule has 8 heteroatoms. The second kappa shape index (κ2) is 7.03. The number of halogens is 1. The molecule has 2 amide bonds. The number of anilines is 1. The lowest BCUT2D eigenvalue weighted by atomic mass is 10.1. The smallest absolute Gasteiger partial charge is 0.273 e. The Hall–Kier alpha value is -3.71. The molecular weight excluding hydrogens is 396 g/mol. The molecule has 0 N–H and O–H groups in total. The summed E-state index contributed by atoms with van der Waals surface area (Å²) in [5.41, 5.74) is 1.54. The molecule has 29 heavy (non-hydrogen) atoms. The molecule has 3 aromatic rings. The maximum Gasteiger partial charge on any atom is 0.273 e. The van der Waals surface area contributed by atoms with Crippen LogP contribution in [0.15, 0.2) is 60.7 Å². The van der Waals surface area contributed by atoms with E-state index in [9.17, 15) is 19.7 Å². The van der Waals surface area contributed by atoms with Crippen LogP contribution in [0.25, 0.3) is 0 Å². The average molecular weight is 409 g/mol. The summed E-state index contributed by atoms with van der Waals surface area (Å²) in [5, 5.41) is 11.4. The van der Waals surface area contributed by atoms with E-state index < -0.39 is 16.7 Å². The number of nitro groups is 1. The third kappa shape index (κ3) is 3.32. The number of non-ortho nitro benzene ring substituents is 1. The van der Waals surface area contributed by atoms with Crippen LogP contribution in [-0.2, 0) is 0 Å². The minimum Gasteiger partial charge on any atom is -0.457 e. The second-order valence-electron chi connectivity index (χ2n) is 6.44. The number of benzene rings is 3. The van der Waals surface area contributed by atoms with Crippen molar-refractivity contribution < 1.29 is 19.2 Å². The van der Waals surface area contributed by atoms with Gasteiger partial charge in [-0.05, 0) is 48.9 Å². The van der Waals surface area contributed by atoms with E-state index in [0.29, 0.717) is 10.7 Å². The summed E-state index contributed by atoms with van der Waals surface area (Å²) >= 11 is 6.13. The van der Waals surface area contributed by atoms with Crippen LogP contribution in [0, 0.1) is 17.0 Å². The van der Waals surface area contributed by atoms with Crippen molar-refractivity contribution in [2.75, 3.05) is 4.90 Å². The van der Waals surface area contributed by atoms with Crippen molar-refractivity contribution in [1.29, 1.82) is 0 Å². The third-order valence-electron chi connectivity index (χ3n) is 4.54. The number of aryl methyl sites for hydroxylation is 1. The maximum atomic E-state index is 12.9. The summed E-state index contributed by atoms with van der Waals surface area (Å²) < 4.78 is 5.65. The minimum absolute atomic E-state index is 0.114. The number of carbonyl (C=O) groups excluding carboxylic acids is 2. The zero-order valence-corrected chi connectivity index (χ0v) is 15.8. The molecule has 3 aromatic carbocycles. The average Bonchev–Trinajstić information content (AvgIpc) is 2.94. The molecule has 0 saturated heterocycles. The van der Waals surface area contributed by atoms with Crippen LogP contribution in [0.4, 0.5) is 11.4 Å². The number of hydrogen-bond donors (Lipinski definition) is 0. The van der Waals surface area contributed by atoms with Gasteiger partial charge in [0.2, 0.25) is 0 Å². The minimum atomic E-state index is -0.525. The molecule has 4 rings (SSSR count). The highest BCUT2D eigenvalue weighted by Gasteiger charge is 2.37. The molecule has 0 saturated carbocycles. The van der Waals surface area contributed by atoms with Crippen molar-refractivity contribution in [1.82, 2.24) is 0 Å². The molecular formula is C21H13ClN2O5. The molecule has 7 nitrogen and oxygen atoms in total. The number of hydrogen-bond acceptors (Lipinski definition) is 5. The highest BCUT2D eigenvalue weighted by Crippen LogP contribution is 2.34. The number of carbonyl (C=O) groups is 2. The first-order chi connectivity index (χ1) is 13.8. The van der Waals surface area contributed by atoms with Crippen molar-refractivity contribution in [3.05, 3.63) is 92.5 Å². The zero-order chi connectivity index (χ0) is 20.7. The van der Waals surface area contributed by atoms with Crippen molar-refractivity contribution in [3.8, 4) is 11.5 Å². The lowest BCUT2D eigenvalue weighted by Gasteiger charge is -2.14. The van der Waals surface area contributed by atoms with Gasteiger partial charge in [-0.1, -0.05) is 23.7 Å². The van der Waals surface area contributed by atoms with Crippen molar-refractivity contribution in [2.45, 2.75) is 6.92 Å². The van der Waals surface area contributed by atoms with Gasteiger partial charge in [-0.2, -0.15) is 0 Å². The van der Waals surface area contributed by atoms with Crippen molar-refractivity contribution >= 4 is 34.8 Å². The van der Waals surface area contributed by atoms with Crippen molar-refractivity contribution in [2.24, 2.45) is 0 Å². The van der Waals surface area contributed by atoms with Gasteiger partial charge in [0.25, 0.3) is 17.5 Å². The summed E-state index contributed by atoms with van der Waals surface area (Å²) in [7, 11) is 0. The van der Waals surface area contributed by atoms with Gasteiger partial charge in [-0.25, -0.2) is 4.90 Å². The number of amides is 2. The van der Waals surface area contributed by atoms with Crippen LogP contribution >= 0.6 is 11.6 Å². The van der Waals surface area contributed by atoms with Crippen LogP contribution in [0.3, 0.4) is 0 Å². The predicted molar refractivity (Wildman–Crippen MR) is 107 cm³/mol. The van der Waals surface area contributed by atoms with Crippen LogP contribution < -0.4 is 9.64 Å². The fourth-order valence-corrected chi connectivity index (χ4v) is 3.21. The molecule has 144 valence electrons. The van der Waals surface area contributed by atoms with Gasteiger partial charge in [0, 0.05) is 11.1 Å². The Balaban J connectivity index is 1.66. The number of nitrogens with zero attached hydrogens (tertiary/aromatic N) is 2. The molecule has 1 heterocycles. The molecule has 0 unspecified atom stereocenters. The summed E-state index contributed by atoms with van der Waals surface area (Å²) in [4.78, 5) is 37.1. The quantitative estimate of drug-likeness (QED) is 0.338. The first kappa shape index (κ1) is 18.6. The second-order valence-corrected chi connectivity index (χ2v) is 6.85. The van der Waals surface area contributed by atoms with Crippen LogP contribution in [-0.4, -0.2) is 16.7 Å². The largest absolute Gasteiger partial charge is 0.457 e. The number of ether oxygens (including phenoxy) is 1. The van der Waals surface area contributed by atoms with E-state index in [4.69, 9.17) is 16.3 Å². The zero-order valence-electron chi connectivity index (χ0n) is 15.1. The Morgan fingerprint density at radius 3 is 2.38 bits per heavy atom. The molecule has 0 aromatic heterocycles. The Labute approximate surface area is 170 Å². The summed E-state index contributed by atoms with van der Waals surface area (Å²) in [6.07, 6.45) is 0. The number of rotatable bonds is 4. The molecule has 0 bridgehead atoms. The molecule has 0 radical (unpaired) electrons. The van der Waals surface area contributed by atoms with Gasteiger partial charge < -0.3 is 4.74 Å². The SMILES string of the molecule is Cc1ccc(N2C(=O)c3ccc(Oc4cccc([N+](=O)[O-])c4)cc3C2=O)cc1Cl. The van der Waals surface area contributed by atoms with E-state index >= 15 is 0 Å².